The van der Waals surface area contributed by atoms with Gasteiger partial charge in [0.1, 0.15) is 11.6 Å². The Labute approximate surface area is 123 Å². The summed E-state index contributed by atoms with van der Waals surface area (Å²) in [6.07, 6.45) is 0.947. The van der Waals surface area contributed by atoms with Crippen LogP contribution in [0.4, 0.5) is 8.78 Å². The molecule has 2 aromatic rings. The first-order chi connectivity index (χ1) is 9.13. The van der Waals surface area contributed by atoms with Gasteiger partial charge in [-0.15, -0.1) is 11.3 Å². The number of halogens is 3. The van der Waals surface area contributed by atoms with Crippen molar-refractivity contribution < 1.29 is 8.78 Å². The molecule has 102 valence electrons. The van der Waals surface area contributed by atoms with Crippen LogP contribution in [0.3, 0.4) is 0 Å². The van der Waals surface area contributed by atoms with Crippen LogP contribution in [0.5, 0.6) is 0 Å². The van der Waals surface area contributed by atoms with E-state index in [4.69, 9.17) is 0 Å². The highest BCUT2D eigenvalue weighted by molar-refractivity contribution is 9.10. The Morgan fingerprint density at radius 1 is 1.32 bits per heavy atom. The van der Waals surface area contributed by atoms with E-state index in [9.17, 15) is 8.78 Å². The van der Waals surface area contributed by atoms with Crippen molar-refractivity contribution in [2.75, 3.05) is 6.54 Å². The smallest absolute Gasteiger partial charge is 0.131 e. The minimum absolute atomic E-state index is 0.255. The average molecular weight is 346 g/mol. The maximum Gasteiger partial charge on any atom is 0.131 e. The van der Waals surface area contributed by atoms with Crippen LogP contribution in [-0.4, -0.2) is 6.54 Å². The monoisotopic (exact) mass is 345 g/mol. The molecule has 0 radical (unpaired) electrons. The number of thiophene rings is 1. The minimum Gasteiger partial charge on any atom is -0.305 e. The van der Waals surface area contributed by atoms with Crippen molar-refractivity contribution in [1.82, 2.24) is 5.32 Å². The van der Waals surface area contributed by atoms with Crippen LogP contribution in [0.25, 0.3) is 0 Å². The van der Waals surface area contributed by atoms with Crippen molar-refractivity contribution in [3.8, 4) is 0 Å². The van der Waals surface area contributed by atoms with Gasteiger partial charge in [0.25, 0.3) is 0 Å². The van der Waals surface area contributed by atoms with Gasteiger partial charge in [-0.25, -0.2) is 8.78 Å². The topological polar surface area (TPSA) is 12.0 Å². The number of hydrogen-bond acceptors (Lipinski definition) is 2. The molecule has 1 heterocycles. The molecule has 0 amide bonds. The molecule has 2 rings (SSSR count). The van der Waals surface area contributed by atoms with E-state index in [1.165, 1.54) is 12.1 Å². The molecule has 19 heavy (non-hydrogen) atoms. The van der Waals surface area contributed by atoms with E-state index >= 15 is 0 Å². The minimum atomic E-state index is -0.555. The Morgan fingerprint density at radius 2 is 2.11 bits per heavy atom. The second-order valence-corrected chi connectivity index (χ2v) is 5.99. The summed E-state index contributed by atoms with van der Waals surface area (Å²) >= 11 is 5.02. The quantitative estimate of drug-likeness (QED) is 0.814. The Hall–Kier alpha value is -0.780. The lowest BCUT2D eigenvalue weighted by Crippen LogP contribution is -2.23. The molecule has 1 aromatic heterocycles. The van der Waals surface area contributed by atoms with Crippen molar-refractivity contribution in [2.24, 2.45) is 0 Å². The number of benzene rings is 1. The predicted octanol–water partition coefficient (Wildman–Crippen LogP) is 4.88. The largest absolute Gasteiger partial charge is 0.305 e. The van der Waals surface area contributed by atoms with E-state index in [2.05, 4.69) is 28.2 Å². The molecule has 0 aliphatic carbocycles. The van der Waals surface area contributed by atoms with Crippen LogP contribution in [0.1, 0.15) is 29.8 Å². The fourth-order valence-corrected chi connectivity index (χ4v) is 3.57. The summed E-state index contributed by atoms with van der Waals surface area (Å²) in [5.41, 5.74) is 0.470. The number of hydrogen-bond donors (Lipinski definition) is 1. The van der Waals surface area contributed by atoms with Gasteiger partial charge in [0.2, 0.25) is 0 Å². The Kier molecular flexibility index (Phi) is 5.07. The molecule has 0 aliphatic heterocycles. The van der Waals surface area contributed by atoms with Gasteiger partial charge in [-0.05, 0) is 46.4 Å². The van der Waals surface area contributed by atoms with Crippen molar-refractivity contribution in [3.63, 3.8) is 0 Å². The molecule has 1 atom stereocenters. The lowest BCUT2D eigenvalue weighted by atomic mass is 10.0. The van der Waals surface area contributed by atoms with Crippen LogP contribution in [0.2, 0.25) is 0 Å². The van der Waals surface area contributed by atoms with Crippen LogP contribution in [-0.2, 0) is 0 Å². The van der Waals surface area contributed by atoms with Crippen molar-refractivity contribution in [3.05, 3.63) is 56.2 Å². The van der Waals surface area contributed by atoms with E-state index in [0.717, 1.165) is 28.4 Å². The van der Waals surface area contributed by atoms with Gasteiger partial charge in [0.15, 0.2) is 0 Å². The van der Waals surface area contributed by atoms with E-state index in [1.54, 1.807) is 11.3 Å². The van der Waals surface area contributed by atoms with E-state index in [-0.39, 0.29) is 6.04 Å². The zero-order chi connectivity index (χ0) is 13.8. The second kappa shape index (κ2) is 6.59. The van der Waals surface area contributed by atoms with Gasteiger partial charge < -0.3 is 5.32 Å². The van der Waals surface area contributed by atoms with Crippen molar-refractivity contribution in [2.45, 2.75) is 19.4 Å². The summed E-state index contributed by atoms with van der Waals surface area (Å²) in [6.45, 7) is 2.82. The first-order valence-corrected chi connectivity index (χ1v) is 7.72. The van der Waals surface area contributed by atoms with Crippen molar-refractivity contribution in [1.29, 1.82) is 0 Å². The SMILES string of the molecule is CCCNC(c1ccc(F)cc1F)c1sccc1Br. The lowest BCUT2D eigenvalue weighted by Gasteiger charge is -2.19. The Morgan fingerprint density at radius 3 is 2.68 bits per heavy atom. The molecule has 1 nitrogen and oxygen atoms in total. The fourth-order valence-electron chi connectivity index (χ4n) is 1.88. The lowest BCUT2D eigenvalue weighted by molar-refractivity contribution is 0.535. The van der Waals surface area contributed by atoms with Crippen LogP contribution in [0.15, 0.2) is 34.1 Å². The normalized spacial score (nSPS) is 12.6. The van der Waals surface area contributed by atoms with E-state index in [0.29, 0.717) is 5.56 Å². The van der Waals surface area contributed by atoms with Crippen LogP contribution >= 0.6 is 27.3 Å². The third kappa shape index (κ3) is 3.41. The van der Waals surface area contributed by atoms with Crippen molar-refractivity contribution >= 4 is 27.3 Å². The summed E-state index contributed by atoms with van der Waals surface area (Å²) < 4.78 is 27.9. The Bertz CT molecular complexity index is 556. The highest BCUT2D eigenvalue weighted by Gasteiger charge is 2.21. The summed E-state index contributed by atoms with van der Waals surface area (Å²) in [6, 6.07) is 5.40. The van der Waals surface area contributed by atoms with Gasteiger partial charge in [-0.3, -0.25) is 0 Å². The van der Waals surface area contributed by atoms with Gasteiger partial charge >= 0.3 is 0 Å². The molecule has 0 fully saturated rings. The number of rotatable bonds is 5. The molecule has 0 bridgehead atoms. The van der Waals surface area contributed by atoms with Gasteiger partial charge in [0, 0.05) is 21.0 Å². The molecule has 1 aromatic carbocycles. The predicted molar refractivity (Wildman–Crippen MR) is 78.5 cm³/mol. The van der Waals surface area contributed by atoms with Gasteiger partial charge in [-0.1, -0.05) is 13.0 Å². The summed E-state index contributed by atoms with van der Waals surface area (Å²) in [7, 11) is 0. The fraction of sp³-hybridized carbons (Fsp3) is 0.286. The van der Waals surface area contributed by atoms with E-state index in [1.807, 2.05) is 11.4 Å². The third-order valence-corrected chi connectivity index (χ3v) is 4.71. The van der Waals surface area contributed by atoms with Crippen LogP contribution in [0, 0.1) is 11.6 Å². The standard InChI is InChI=1S/C14H14BrF2NS/c1-2-6-18-13(14-11(15)5-7-19-14)10-4-3-9(16)8-12(10)17/h3-5,7-8,13,18H,2,6H2,1H3. The first-order valence-electron chi connectivity index (χ1n) is 6.04. The summed E-state index contributed by atoms with van der Waals surface area (Å²) in [5.74, 6) is -1.07. The zero-order valence-corrected chi connectivity index (χ0v) is 12.8. The summed E-state index contributed by atoms with van der Waals surface area (Å²) in [4.78, 5) is 0.999. The second-order valence-electron chi connectivity index (χ2n) is 4.19. The average Bonchev–Trinajstić information content (AvgIpc) is 2.78. The molecule has 1 N–H and O–H groups in total. The molecule has 0 spiro atoms. The summed E-state index contributed by atoms with van der Waals surface area (Å²) in [5, 5.41) is 5.25. The first kappa shape index (κ1) is 14.6. The maximum absolute atomic E-state index is 14.0. The number of nitrogens with one attached hydrogen (secondary N) is 1. The van der Waals surface area contributed by atoms with Crippen LogP contribution < -0.4 is 5.32 Å². The molecular formula is C14H14BrF2NS. The molecule has 0 aliphatic rings. The highest BCUT2D eigenvalue weighted by atomic mass is 79.9. The van der Waals surface area contributed by atoms with Gasteiger partial charge in [0.05, 0.1) is 6.04 Å². The Balaban J connectivity index is 2.40. The molecular weight excluding hydrogens is 332 g/mol. The zero-order valence-electron chi connectivity index (χ0n) is 10.4. The van der Waals surface area contributed by atoms with E-state index < -0.39 is 11.6 Å². The molecule has 1 unspecified atom stereocenters. The van der Waals surface area contributed by atoms with Gasteiger partial charge in [-0.2, -0.15) is 0 Å². The maximum atomic E-state index is 14.0. The molecule has 0 saturated heterocycles. The molecule has 5 heteroatoms. The third-order valence-electron chi connectivity index (χ3n) is 2.78. The molecule has 0 saturated carbocycles. The highest BCUT2D eigenvalue weighted by Crippen LogP contribution is 2.34.